The number of ether oxygens (including phenoxy) is 1. The molecule has 6 heteroatoms. The Morgan fingerprint density at radius 3 is 2.83 bits per heavy atom. The van der Waals surface area contributed by atoms with Crippen molar-refractivity contribution in [3.05, 3.63) is 51.5 Å². The molecule has 3 aromatic rings. The Labute approximate surface area is 146 Å². The van der Waals surface area contributed by atoms with Gasteiger partial charge in [0.25, 0.3) is 0 Å². The number of benzene rings is 2. The second-order valence-corrected chi connectivity index (χ2v) is 6.38. The molecule has 0 saturated heterocycles. The summed E-state index contributed by atoms with van der Waals surface area (Å²) in [6.07, 6.45) is -0.106. The average Bonchev–Trinajstić information content (AvgIpc) is 2.87. The zero-order valence-corrected chi connectivity index (χ0v) is 14.5. The normalized spacial score (nSPS) is 10.9. The first-order chi connectivity index (χ1) is 11.0. The van der Waals surface area contributed by atoms with E-state index in [4.69, 9.17) is 16.3 Å². The molecule has 23 heavy (non-hydrogen) atoms. The number of fused-ring (bicyclic) bond motifs is 1. The largest absolute Gasteiger partial charge is 0.496 e. The van der Waals surface area contributed by atoms with Crippen LogP contribution in [-0.2, 0) is 11.2 Å². The van der Waals surface area contributed by atoms with E-state index < -0.39 is 5.97 Å². The number of methoxy groups -OCH3 is 1. The van der Waals surface area contributed by atoms with E-state index in [1.54, 1.807) is 13.2 Å². The third-order valence-corrected chi connectivity index (χ3v) is 4.46. The minimum absolute atomic E-state index is 0.106. The van der Waals surface area contributed by atoms with E-state index in [1.165, 1.54) is 0 Å². The number of carboxylic acids is 1. The highest BCUT2D eigenvalue weighted by molar-refractivity contribution is 9.10. The Morgan fingerprint density at radius 2 is 2.13 bits per heavy atom. The number of aromatic nitrogens is 1. The molecule has 0 aliphatic heterocycles. The number of carbonyl (C=O) groups is 1. The van der Waals surface area contributed by atoms with Crippen LogP contribution in [0.3, 0.4) is 0 Å². The fourth-order valence-corrected chi connectivity index (χ4v) is 3.26. The van der Waals surface area contributed by atoms with Crippen LogP contribution in [0.15, 0.2) is 40.9 Å². The van der Waals surface area contributed by atoms with Crippen molar-refractivity contribution in [2.45, 2.75) is 6.42 Å². The van der Waals surface area contributed by atoms with Crippen molar-refractivity contribution in [2.24, 2.45) is 0 Å². The van der Waals surface area contributed by atoms with Gasteiger partial charge in [0.2, 0.25) is 0 Å². The Balaban J connectivity index is 2.34. The highest BCUT2D eigenvalue weighted by Gasteiger charge is 2.19. The van der Waals surface area contributed by atoms with E-state index in [2.05, 4.69) is 20.9 Å². The summed E-state index contributed by atoms with van der Waals surface area (Å²) in [6, 6.07) is 11.0. The predicted octanol–water partition coefficient (Wildman–Crippen LogP) is 4.89. The summed E-state index contributed by atoms with van der Waals surface area (Å²) in [5.41, 5.74) is 2.90. The van der Waals surface area contributed by atoms with Crippen molar-refractivity contribution in [1.29, 1.82) is 0 Å². The molecule has 0 aliphatic carbocycles. The Hall–Kier alpha value is -1.98. The molecule has 0 saturated carbocycles. The maximum Gasteiger partial charge on any atom is 0.307 e. The molecule has 1 aromatic heterocycles. The van der Waals surface area contributed by atoms with Gasteiger partial charge in [-0.2, -0.15) is 0 Å². The summed E-state index contributed by atoms with van der Waals surface area (Å²) in [4.78, 5) is 14.6. The Kier molecular flexibility index (Phi) is 4.33. The van der Waals surface area contributed by atoms with E-state index in [0.717, 1.165) is 20.9 Å². The first kappa shape index (κ1) is 15.9. The van der Waals surface area contributed by atoms with Gasteiger partial charge in [0.05, 0.1) is 29.8 Å². The minimum Gasteiger partial charge on any atom is -0.496 e. The SMILES string of the molecule is COc1ccc(Br)cc1-c1[nH]c2c(Cl)cccc2c1CC(=O)O. The number of rotatable bonds is 4. The molecule has 3 rings (SSSR count). The van der Waals surface area contributed by atoms with Gasteiger partial charge >= 0.3 is 5.97 Å². The third-order valence-electron chi connectivity index (χ3n) is 3.65. The molecule has 2 aromatic carbocycles. The minimum atomic E-state index is -0.902. The number of halogens is 2. The van der Waals surface area contributed by atoms with Gasteiger partial charge in [0.1, 0.15) is 5.75 Å². The van der Waals surface area contributed by atoms with Crippen LogP contribution in [0.5, 0.6) is 5.75 Å². The van der Waals surface area contributed by atoms with Gasteiger partial charge in [0, 0.05) is 15.4 Å². The molecule has 1 heterocycles. The quantitative estimate of drug-likeness (QED) is 0.662. The lowest BCUT2D eigenvalue weighted by atomic mass is 10.0. The number of carboxylic acid groups (broad SMARTS) is 1. The number of hydrogen-bond donors (Lipinski definition) is 2. The molecule has 2 N–H and O–H groups in total. The van der Waals surface area contributed by atoms with Gasteiger partial charge in [-0.25, -0.2) is 0 Å². The molecule has 0 radical (unpaired) electrons. The molecule has 0 unspecified atom stereocenters. The lowest BCUT2D eigenvalue weighted by Gasteiger charge is -2.09. The molecule has 0 aliphatic rings. The number of aliphatic carboxylic acids is 1. The number of aromatic amines is 1. The summed E-state index contributed by atoms with van der Waals surface area (Å²) in [7, 11) is 1.58. The van der Waals surface area contributed by atoms with Crippen LogP contribution in [0.25, 0.3) is 22.2 Å². The van der Waals surface area contributed by atoms with Crippen molar-refractivity contribution in [3.8, 4) is 17.0 Å². The Morgan fingerprint density at radius 1 is 1.35 bits per heavy atom. The van der Waals surface area contributed by atoms with Crippen molar-refractivity contribution in [3.63, 3.8) is 0 Å². The maximum atomic E-state index is 11.3. The van der Waals surface area contributed by atoms with E-state index in [9.17, 15) is 9.90 Å². The summed E-state index contributed by atoms with van der Waals surface area (Å²) in [5.74, 6) is -0.247. The number of nitrogens with one attached hydrogen (secondary N) is 1. The monoisotopic (exact) mass is 393 g/mol. The van der Waals surface area contributed by atoms with Gasteiger partial charge in [-0.05, 0) is 29.8 Å². The third kappa shape index (κ3) is 2.94. The zero-order chi connectivity index (χ0) is 16.6. The van der Waals surface area contributed by atoms with E-state index >= 15 is 0 Å². The van der Waals surface area contributed by atoms with Crippen LogP contribution in [0.2, 0.25) is 5.02 Å². The number of hydrogen-bond acceptors (Lipinski definition) is 2. The van der Waals surface area contributed by atoms with Gasteiger partial charge < -0.3 is 14.8 Å². The Bertz CT molecular complexity index is 904. The summed E-state index contributed by atoms with van der Waals surface area (Å²) in [5, 5.41) is 10.6. The molecule has 4 nitrogen and oxygen atoms in total. The van der Waals surface area contributed by atoms with E-state index in [-0.39, 0.29) is 6.42 Å². The first-order valence-corrected chi connectivity index (χ1v) is 8.03. The van der Waals surface area contributed by atoms with Crippen LogP contribution < -0.4 is 4.74 Å². The average molecular weight is 395 g/mol. The lowest BCUT2D eigenvalue weighted by Crippen LogP contribution is -2.01. The van der Waals surface area contributed by atoms with Crippen molar-refractivity contribution in [1.82, 2.24) is 4.98 Å². The van der Waals surface area contributed by atoms with Crippen LogP contribution in [0.4, 0.5) is 0 Å². The highest BCUT2D eigenvalue weighted by Crippen LogP contribution is 2.39. The first-order valence-electron chi connectivity index (χ1n) is 6.86. The smallest absolute Gasteiger partial charge is 0.307 e. The molecule has 0 spiro atoms. The molecular weight excluding hydrogens is 382 g/mol. The second kappa shape index (κ2) is 6.26. The zero-order valence-electron chi connectivity index (χ0n) is 12.2. The molecule has 0 fully saturated rings. The summed E-state index contributed by atoms with van der Waals surface area (Å²) < 4.78 is 6.29. The highest BCUT2D eigenvalue weighted by atomic mass is 79.9. The van der Waals surface area contributed by atoms with Crippen LogP contribution in [0, 0.1) is 0 Å². The molecule has 0 amide bonds. The predicted molar refractivity (Wildman–Crippen MR) is 94.3 cm³/mol. The lowest BCUT2D eigenvalue weighted by molar-refractivity contribution is -0.136. The fourth-order valence-electron chi connectivity index (χ4n) is 2.68. The second-order valence-electron chi connectivity index (χ2n) is 5.06. The molecule has 0 bridgehead atoms. The molecule has 118 valence electrons. The summed E-state index contributed by atoms with van der Waals surface area (Å²) in [6.45, 7) is 0. The number of para-hydroxylation sites is 1. The standard InChI is InChI=1S/C17H13BrClNO3/c1-23-14-6-5-9(18)7-12(14)16-11(8-15(21)22)10-3-2-4-13(19)17(10)20-16/h2-7,20H,8H2,1H3,(H,21,22). The van der Waals surface area contributed by atoms with Crippen molar-refractivity contribution in [2.75, 3.05) is 7.11 Å². The summed E-state index contributed by atoms with van der Waals surface area (Å²) >= 11 is 9.70. The number of H-pyrrole nitrogens is 1. The van der Waals surface area contributed by atoms with E-state index in [1.807, 2.05) is 30.3 Å². The van der Waals surface area contributed by atoms with Gasteiger partial charge in [0.15, 0.2) is 0 Å². The van der Waals surface area contributed by atoms with Gasteiger partial charge in [-0.15, -0.1) is 0 Å². The topological polar surface area (TPSA) is 62.3 Å². The molecule has 0 atom stereocenters. The van der Waals surface area contributed by atoms with Crippen LogP contribution in [-0.4, -0.2) is 23.2 Å². The molecular formula is C17H13BrClNO3. The van der Waals surface area contributed by atoms with Crippen LogP contribution in [0.1, 0.15) is 5.56 Å². The fraction of sp³-hybridized carbons (Fsp3) is 0.118. The maximum absolute atomic E-state index is 11.3. The van der Waals surface area contributed by atoms with Crippen molar-refractivity contribution >= 4 is 44.4 Å². The van der Waals surface area contributed by atoms with Crippen LogP contribution >= 0.6 is 27.5 Å². The van der Waals surface area contributed by atoms with Crippen molar-refractivity contribution < 1.29 is 14.6 Å². The van der Waals surface area contributed by atoms with E-state index in [0.29, 0.717) is 22.0 Å². The van der Waals surface area contributed by atoms with Gasteiger partial charge in [-0.3, -0.25) is 4.79 Å². The van der Waals surface area contributed by atoms with Gasteiger partial charge in [-0.1, -0.05) is 39.7 Å².